The molecule has 2 heterocycles. The van der Waals surface area contributed by atoms with Crippen LogP contribution in [0.25, 0.3) is 10.6 Å². The predicted octanol–water partition coefficient (Wildman–Crippen LogP) is 4.26. The lowest BCUT2D eigenvalue weighted by Crippen LogP contribution is -2.24. The minimum absolute atomic E-state index is 0.0597. The molecule has 0 unspecified atom stereocenters. The first kappa shape index (κ1) is 17.6. The van der Waals surface area contributed by atoms with E-state index in [-0.39, 0.29) is 11.4 Å². The van der Waals surface area contributed by atoms with Gasteiger partial charge in [-0.05, 0) is 0 Å². The Hall–Kier alpha value is -2.26. The number of carbonyl (C=O) groups is 1. The summed E-state index contributed by atoms with van der Waals surface area (Å²) in [5.74, 6) is -0.563. The van der Waals surface area contributed by atoms with Gasteiger partial charge in [-0.2, -0.15) is 13.2 Å². The zero-order chi connectivity index (χ0) is 17.9. The molecule has 9 heteroatoms. The first-order valence-corrected chi connectivity index (χ1v) is 8.94. The van der Waals surface area contributed by atoms with Crippen molar-refractivity contribution in [1.82, 2.24) is 15.3 Å². The normalized spacial score (nSPS) is 11.5. The van der Waals surface area contributed by atoms with Crippen molar-refractivity contribution >= 4 is 28.6 Å². The smallest absolute Gasteiger partial charge is 0.351 e. The van der Waals surface area contributed by atoms with Gasteiger partial charge >= 0.3 is 6.18 Å². The summed E-state index contributed by atoms with van der Waals surface area (Å²) in [6.45, 7) is 0.288. The molecule has 3 aromatic rings. The van der Waals surface area contributed by atoms with Gasteiger partial charge < -0.3 is 5.32 Å². The second-order valence-corrected chi connectivity index (χ2v) is 6.93. The van der Waals surface area contributed by atoms with E-state index in [1.807, 2.05) is 35.7 Å². The van der Waals surface area contributed by atoms with Crippen LogP contribution >= 0.6 is 22.7 Å². The van der Waals surface area contributed by atoms with Crippen LogP contribution in [-0.2, 0) is 12.6 Å². The maximum atomic E-state index is 12.5. The number of rotatable bonds is 5. The molecule has 0 radical (unpaired) electrons. The molecular formula is C16H12F3N3OS2. The van der Waals surface area contributed by atoms with E-state index < -0.39 is 17.1 Å². The Kier molecular flexibility index (Phi) is 5.14. The van der Waals surface area contributed by atoms with Gasteiger partial charge in [-0.25, -0.2) is 9.97 Å². The molecule has 0 fully saturated rings. The lowest BCUT2D eigenvalue weighted by atomic mass is 10.2. The number of alkyl halides is 3. The largest absolute Gasteiger partial charge is 0.443 e. The van der Waals surface area contributed by atoms with Gasteiger partial charge in [0.15, 0.2) is 5.01 Å². The average molecular weight is 383 g/mol. The number of carbonyl (C=O) groups excluding carboxylic acids is 1. The molecule has 1 amide bonds. The van der Waals surface area contributed by atoms with Crippen LogP contribution in [0.1, 0.15) is 20.4 Å². The molecule has 0 bridgehead atoms. The number of hydrogen-bond acceptors (Lipinski definition) is 5. The van der Waals surface area contributed by atoms with E-state index >= 15 is 0 Å². The maximum absolute atomic E-state index is 12.5. The molecule has 2 aromatic heterocycles. The van der Waals surface area contributed by atoms with Gasteiger partial charge in [0, 0.05) is 23.9 Å². The van der Waals surface area contributed by atoms with E-state index in [1.165, 1.54) is 11.3 Å². The lowest BCUT2D eigenvalue weighted by molar-refractivity contribution is -0.137. The van der Waals surface area contributed by atoms with Gasteiger partial charge in [0.2, 0.25) is 0 Å². The number of benzene rings is 1. The van der Waals surface area contributed by atoms with Crippen molar-refractivity contribution in [2.45, 2.75) is 12.6 Å². The number of nitrogens with zero attached hydrogens (tertiary/aromatic N) is 2. The van der Waals surface area contributed by atoms with Crippen LogP contribution in [0, 0.1) is 0 Å². The van der Waals surface area contributed by atoms with Gasteiger partial charge in [0.25, 0.3) is 5.91 Å². The van der Waals surface area contributed by atoms with Crippen LogP contribution in [-0.4, -0.2) is 22.4 Å². The Balaban J connectivity index is 1.54. The van der Waals surface area contributed by atoms with E-state index in [1.54, 1.807) is 0 Å². The molecule has 1 N–H and O–H groups in total. The highest BCUT2D eigenvalue weighted by Gasteiger charge is 2.35. The Morgan fingerprint density at radius 2 is 1.96 bits per heavy atom. The first-order valence-electron chi connectivity index (χ1n) is 7.24. The second kappa shape index (κ2) is 7.32. The highest BCUT2D eigenvalue weighted by atomic mass is 32.1. The van der Waals surface area contributed by atoms with Gasteiger partial charge in [0.05, 0.1) is 11.9 Å². The molecule has 4 nitrogen and oxygen atoms in total. The molecule has 0 atom stereocenters. The van der Waals surface area contributed by atoms with Crippen molar-refractivity contribution in [3.05, 3.63) is 57.5 Å². The number of amides is 1. The highest BCUT2D eigenvalue weighted by molar-refractivity contribution is 7.13. The summed E-state index contributed by atoms with van der Waals surface area (Å²) in [4.78, 5) is 19.5. The molecule has 3 rings (SSSR count). The van der Waals surface area contributed by atoms with Gasteiger partial charge in [0.1, 0.15) is 9.88 Å². The van der Waals surface area contributed by atoms with E-state index in [4.69, 9.17) is 0 Å². The van der Waals surface area contributed by atoms with Crippen LogP contribution in [0.4, 0.5) is 13.2 Å². The van der Waals surface area contributed by atoms with E-state index in [9.17, 15) is 18.0 Å². The van der Waals surface area contributed by atoms with Crippen molar-refractivity contribution in [2.24, 2.45) is 0 Å². The third-order valence-electron chi connectivity index (χ3n) is 3.21. The zero-order valence-corrected chi connectivity index (χ0v) is 14.3. The summed E-state index contributed by atoms with van der Waals surface area (Å²) in [5, 5.41) is 4.36. The van der Waals surface area contributed by atoms with Crippen LogP contribution in [0.15, 0.2) is 41.9 Å². The predicted molar refractivity (Wildman–Crippen MR) is 90.7 cm³/mol. The molecule has 130 valence electrons. The Morgan fingerprint density at radius 3 is 2.64 bits per heavy atom. The molecule has 0 saturated heterocycles. The van der Waals surface area contributed by atoms with Crippen LogP contribution in [0.3, 0.4) is 0 Å². The van der Waals surface area contributed by atoms with Gasteiger partial charge in [-0.15, -0.1) is 22.7 Å². The number of nitrogens with one attached hydrogen (secondary N) is 1. The van der Waals surface area contributed by atoms with Crippen LogP contribution < -0.4 is 5.32 Å². The summed E-state index contributed by atoms with van der Waals surface area (Å²) in [6, 6.07) is 9.72. The van der Waals surface area contributed by atoms with Crippen LogP contribution in [0.2, 0.25) is 0 Å². The summed E-state index contributed by atoms with van der Waals surface area (Å²) in [7, 11) is 0. The van der Waals surface area contributed by atoms with Crippen molar-refractivity contribution in [1.29, 1.82) is 0 Å². The number of halogens is 3. The molecule has 0 aliphatic rings. The Morgan fingerprint density at radius 1 is 1.20 bits per heavy atom. The first-order chi connectivity index (χ1) is 11.9. The quantitative estimate of drug-likeness (QED) is 0.716. The standard InChI is InChI=1S/C16H12F3N3OS2/c17-16(18,19)15-21-8-12(25-15)13(23)20-7-6-11-9-24-14(22-11)10-4-2-1-3-5-10/h1-5,8-9H,6-7H2,(H,20,23). The summed E-state index contributed by atoms with van der Waals surface area (Å²) >= 11 is 1.84. The summed E-state index contributed by atoms with van der Waals surface area (Å²) in [6.07, 6.45) is -3.09. The van der Waals surface area contributed by atoms with Gasteiger partial charge in [-0.3, -0.25) is 4.79 Å². The van der Waals surface area contributed by atoms with E-state index in [0.29, 0.717) is 17.8 Å². The summed E-state index contributed by atoms with van der Waals surface area (Å²) in [5.41, 5.74) is 1.84. The third-order valence-corrected chi connectivity index (χ3v) is 5.19. The molecule has 1 aromatic carbocycles. The monoisotopic (exact) mass is 383 g/mol. The fourth-order valence-corrected chi connectivity index (χ4v) is 3.60. The minimum Gasteiger partial charge on any atom is -0.351 e. The average Bonchev–Trinajstić information content (AvgIpc) is 3.25. The van der Waals surface area contributed by atoms with Crippen molar-refractivity contribution < 1.29 is 18.0 Å². The molecular weight excluding hydrogens is 371 g/mol. The minimum atomic E-state index is -4.53. The Bertz CT molecular complexity index is 859. The zero-order valence-electron chi connectivity index (χ0n) is 12.7. The van der Waals surface area contributed by atoms with Crippen LogP contribution in [0.5, 0.6) is 0 Å². The maximum Gasteiger partial charge on any atom is 0.443 e. The Labute approximate surface area is 149 Å². The van der Waals surface area contributed by atoms with Crippen molar-refractivity contribution in [2.75, 3.05) is 6.54 Å². The number of hydrogen-bond donors (Lipinski definition) is 1. The molecule has 0 aliphatic heterocycles. The SMILES string of the molecule is O=C(NCCc1csc(-c2ccccc2)n1)c1cnc(C(F)(F)F)s1. The van der Waals surface area contributed by atoms with Crippen molar-refractivity contribution in [3.63, 3.8) is 0 Å². The molecule has 0 spiro atoms. The molecule has 0 aliphatic carbocycles. The topological polar surface area (TPSA) is 54.9 Å². The fraction of sp³-hybridized carbons (Fsp3) is 0.188. The van der Waals surface area contributed by atoms with Crippen molar-refractivity contribution in [3.8, 4) is 10.6 Å². The highest BCUT2D eigenvalue weighted by Crippen LogP contribution is 2.32. The molecule has 25 heavy (non-hydrogen) atoms. The number of aromatic nitrogens is 2. The van der Waals surface area contributed by atoms with Gasteiger partial charge in [-0.1, -0.05) is 30.3 Å². The lowest BCUT2D eigenvalue weighted by Gasteiger charge is -2.02. The molecule has 0 saturated carbocycles. The van der Waals surface area contributed by atoms with E-state index in [0.717, 1.165) is 22.5 Å². The third kappa shape index (κ3) is 4.43. The van der Waals surface area contributed by atoms with E-state index in [2.05, 4.69) is 15.3 Å². The fourth-order valence-electron chi connectivity index (χ4n) is 2.04. The summed E-state index contributed by atoms with van der Waals surface area (Å²) < 4.78 is 37.5. The second-order valence-electron chi connectivity index (χ2n) is 5.04. The number of thiazole rings is 2.